The average Bonchev–Trinajstić information content (AvgIpc) is 2.77. The van der Waals surface area contributed by atoms with Gasteiger partial charge in [-0.1, -0.05) is 12.1 Å². The molecule has 26 heavy (non-hydrogen) atoms. The summed E-state index contributed by atoms with van der Waals surface area (Å²) in [5, 5.41) is 2.68. The van der Waals surface area contributed by atoms with Crippen molar-refractivity contribution in [3.05, 3.63) is 35.4 Å². The van der Waals surface area contributed by atoms with E-state index in [1.165, 1.54) is 13.8 Å². The van der Waals surface area contributed by atoms with Crippen molar-refractivity contribution in [2.24, 2.45) is 0 Å². The van der Waals surface area contributed by atoms with Crippen LogP contribution in [0.1, 0.15) is 69.2 Å². The van der Waals surface area contributed by atoms with Crippen molar-refractivity contribution < 1.29 is 24.2 Å². The minimum Gasteiger partial charge on any atom is -0.324 e. The lowest BCUT2D eigenvalue weighted by atomic mass is 10.0. The molecule has 0 fully saturated rings. The second-order valence-electron chi connectivity index (χ2n) is 8.29. The van der Waals surface area contributed by atoms with E-state index in [0.717, 1.165) is 4.90 Å². The first kappa shape index (κ1) is 20.1. The zero-order valence-electron chi connectivity index (χ0n) is 16.3. The number of rotatable bonds is 5. The van der Waals surface area contributed by atoms with E-state index in [2.05, 4.69) is 5.32 Å². The number of nitrogens with zero attached hydrogens (tertiary/aromatic N) is 1. The molecular formula is C19H26N2O5. The summed E-state index contributed by atoms with van der Waals surface area (Å²) >= 11 is 0. The van der Waals surface area contributed by atoms with E-state index < -0.39 is 34.6 Å². The Kier molecular flexibility index (Phi) is 5.00. The molecule has 1 aliphatic heterocycles. The lowest BCUT2D eigenvalue weighted by Gasteiger charge is -2.36. The van der Waals surface area contributed by atoms with Crippen LogP contribution in [-0.4, -0.2) is 39.5 Å². The van der Waals surface area contributed by atoms with E-state index in [9.17, 15) is 14.4 Å². The van der Waals surface area contributed by atoms with Gasteiger partial charge in [0, 0.05) is 0 Å². The van der Waals surface area contributed by atoms with Gasteiger partial charge in [0.2, 0.25) is 5.91 Å². The Morgan fingerprint density at radius 3 is 1.77 bits per heavy atom. The van der Waals surface area contributed by atoms with Crippen molar-refractivity contribution in [1.82, 2.24) is 10.2 Å². The highest BCUT2D eigenvalue weighted by Gasteiger charge is 2.48. The van der Waals surface area contributed by atoms with E-state index in [1.54, 1.807) is 38.1 Å². The van der Waals surface area contributed by atoms with Crippen LogP contribution in [0.4, 0.5) is 0 Å². The van der Waals surface area contributed by atoms with Gasteiger partial charge in [0.1, 0.15) is 5.54 Å². The molecule has 1 N–H and O–H groups in total. The normalized spacial score (nSPS) is 15.3. The van der Waals surface area contributed by atoms with Gasteiger partial charge in [-0.15, -0.1) is 0 Å². The van der Waals surface area contributed by atoms with Crippen LogP contribution in [-0.2, 0) is 14.6 Å². The summed E-state index contributed by atoms with van der Waals surface area (Å²) in [6.45, 7) is 11.7. The zero-order valence-corrected chi connectivity index (χ0v) is 16.3. The zero-order chi connectivity index (χ0) is 19.9. The lowest BCUT2D eigenvalue weighted by Crippen LogP contribution is -2.61. The molecule has 7 nitrogen and oxygen atoms in total. The molecule has 3 amide bonds. The monoisotopic (exact) mass is 362 g/mol. The standard InChI is InChI=1S/C19H26N2O5/c1-17(2,3)25-26-19(6,7)20-16(24)18(4,5)21-14(22)12-10-8-9-11-13(12)15(21)23/h8-11H,1-7H3,(H,20,24). The molecule has 0 atom stereocenters. The van der Waals surface area contributed by atoms with Crippen LogP contribution >= 0.6 is 0 Å². The maximum atomic E-state index is 12.8. The molecule has 7 heteroatoms. The van der Waals surface area contributed by atoms with Crippen molar-refractivity contribution >= 4 is 17.7 Å². The van der Waals surface area contributed by atoms with Crippen molar-refractivity contribution in [3.63, 3.8) is 0 Å². The number of imide groups is 1. The SMILES string of the molecule is CC(C)(C)OOC(C)(C)NC(=O)C(C)(C)N1C(=O)c2ccccc2C1=O. The molecular weight excluding hydrogens is 336 g/mol. The molecule has 0 unspecified atom stereocenters. The number of nitrogens with one attached hydrogen (secondary N) is 1. The number of amides is 3. The highest BCUT2D eigenvalue weighted by atomic mass is 17.2. The minimum atomic E-state index is -1.41. The maximum absolute atomic E-state index is 12.8. The molecule has 0 spiro atoms. The third-order valence-corrected chi connectivity index (χ3v) is 3.82. The lowest BCUT2D eigenvalue weighted by molar-refractivity contribution is -0.401. The molecule has 1 aliphatic rings. The highest BCUT2D eigenvalue weighted by Crippen LogP contribution is 2.30. The highest BCUT2D eigenvalue weighted by molar-refractivity contribution is 6.23. The van der Waals surface area contributed by atoms with E-state index in [4.69, 9.17) is 9.78 Å². The van der Waals surface area contributed by atoms with Gasteiger partial charge in [0.15, 0.2) is 5.72 Å². The Balaban J connectivity index is 2.18. The average molecular weight is 362 g/mol. The molecule has 0 aliphatic carbocycles. The second kappa shape index (κ2) is 6.48. The van der Waals surface area contributed by atoms with Gasteiger partial charge in [-0.2, -0.15) is 0 Å². The Labute approximate surface area is 153 Å². The molecule has 1 aromatic carbocycles. The summed E-state index contributed by atoms with van der Waals surface area (Å²) in [7, 11) is 0. The van der Waals surface area contributed by atoms with Crippen LogP contribution in [0.3, 0.4) is 0 Å². The fourth-order valence-electron chi connectivity index (χ4n) is 2.47. The topological polar surface area (TPSA) is 84.9 Å². The summed E-state index contributed by atoms with van der Waals surface area (Å²) in [6.07, 6.45) is 0. The van der Waals surface area contributed by atoms with E-state index >= 15 is 0 Å². The molecule has 0 bridgehead atoms. The molecule has 0 aromatic heterocycles. The number of hydrogen-bond donors (Lipinski definition) is 1. The van der Waals surface area contributed by atoms with Gasteiger partial charge in [-0.05, 0) is 60.6 Å². The Hall–Kier alpha value is -2.25. The Morgan fingerprint density at radius 2 is 1.35 bits per heavy atom. The molecule has 0 radical (unpaired) electrons. The number of benzene rings is 1. The minimum absolute atomic E-state index is 0.296. The number of hydrogen-bond acceptors (Lipinski definition) is 5. The number of fused-ring (bicyclic) bond motifs is 1. The van der Waals surface area contributed by atoms with Crippen molar-refractivity contribution in [2.45, 2.75) is 65.3 Å². The molecule has 1 aromatic rings. The molecule has 0 saturated heterocycles. The van der Waals surface area contributed by atoms with E-state index in [1.807, 2.05) is 20.8 Å². The van der Waals surface area contributed by atoms with Gasteiger partial charge in [-0.25, -0.2) is 9.78 Å². The fraction of sp³-hybridized carbons (Fsp3) is 0.526. The number of carbonyl (C=O) groups excluding carboxylic acids is 3. The summed E-state index contributed by atoms with van der Waals surface area (Å²) in [5.74, 6) is -1.51. The first-order valence-corrected chi connectivity index (χ1v) is 8.44. The van der Waals surface area contributed by atoms with Crippen molar-refractivity contribution in [3.8, 4) is 0 Å². The Bertz CT molecular complexity index is 712. The van der Waals surface area contributed by atoms with Crippen molar-refractivity contribution in [1.29, 1.82) is 0 Å². The van der Waals surface area contributed by atoms with Crippen LogP contribution in [0.2, 0.25) is 0 Å². The first-order valence-electron chi connectivity index (χ1n) is 8.44. The number of carbonyl (C=O) groups is 3. The quantitative estimate of drug-likeness (QED) is 0.377. The largest absolute Gasteiger partial charge is 0.324 e. The third kappa shape index (κ3) is 3.94. The van der Waals surface area contributed by atoms with Gasteiger partial charge in [0.05, 0.1) is 16.7 Å². The van der Waals surface area contributed by atoms with Crippen LogP contribution in [0, 0.1) is 0 Å². The molecule has 142 valence electrons. The van der Waals surface area contributed by atoms with Crippen LogP contribution < -0.4 is 5.32 Å². The summed E-state index contributed by atoms with van der Waals surface area (Å²) in [6, 6.07) is 6.52. The van der Waals surface area contributed by atoms with Crippen LogP contribution in [0.15, 0.2) is 24.3 Å². The second-order valence-corrected chi connectivity index (χ2v) is 8.29. The molecule has 1 heterocycles. The van der Waals surface area contributed by atoms with Gasteiger partial charge in [0.25, 0.3) is 11.8 Å². The van der Waals surface area contributed by atoms with Crippen LogP contribution in [0.25, 0.3) is 0 Å². The van der Waals surface area contributed by atoms with Gasteiger partial charge in [-0.3, -0.25) is 19.3 Å². The van der Waals surface area contributed by atoms with Crippen LogP contribution in [0.5, 0.6) is 0 Å². The summed E-state index contributed by atoms with van der Waals surface area (Å²) < 4.78 is 0. The van der Waals surface area contributed by atoms with E-state index in [0.29, 0.717) is 11.1 Å². The predicted molar refractivity (Wildman–Crippen MR) is 95.2 cm³/mol. The summed E-state index contributed by atoms with van der Waals surface area (Å²) in [5.41, 5.74) is -2.52. The van der Waals surface area contributed by atoms with Gasteiger partial charge >= 0.3 is 0 Å². The summed E-state index contributed by atoms with van der Waals surface area (Å²) in [4.78, 5) is 49.7. The van der Waals surface area contributed by atoms with Crippen molar-refractivity contribution in [2.75, 3.05) is 0 Å². The fourth-order valence-corrected chi connectivity index (χ4v) is 2.47. The maximum Gasteiger partial charge on any atom is 0.262 e. The van der Waals surface area contributed by atoms with E-state index in [-0.39, 0.29) is 0 Å². The van der Waals surface area contributed by atoms with Gasteiger partial charge < -0.3 is 5.32 Å². The third-order valence-electron chi connectivity index (χ3n) is 3.82. The molecule has 0 saturated carbocycles. The Morgan fingerprint density at radius 1 is 0.885 bits per heavy atom. The smallest absolute Gasteiger partial charge is 0.262 e. The predicted octanol–water partition coefficient (Wildman–Crippen LogP) is 2.66. The first-order chi connectivity index (χ1) is 11.8. The molecule has 2 rings (SSSR count).